The van der Waals surface area contributed by atoms with Gasteiger partial charge in [0.2, 0.25) is 10.0 Å². The summed E-state index contributed by atoms with van der Waals surface area (Å²) in [5, 5.41) is 2.83. The molecule has 0 bridgehead atoms. The second kappa shape index (κ2) is 7.39. The van der Waals surface area contributed by atoms with E-state index in [4.69, 9.17) is 0 Å². The number of sulfonamides is 1. The highest BCUT2D eigenvalue weighted by molar-refractivity contribution is 7.89. The van der Waals surface area contributed by atoms with Crippen LogP contribution in [0.5, 0.6) is 0 Å². The SMILES string of the molecule is O=Cc1ccc(CS(=O)(=O)NC(=O)Nc2c3c(cc4c2CCC4)CCC3)cc1.[HH].[HH]. The van der Waals surface area contributed by atoms with Gasteiger partial charge in [-0.2, -0.15) is 0 Å². The number of fused-ring (bicyclic) bond motifs is 2. The predicted octanol–water partition coefficient (Wildman–Crippen LogP) is 3.62. The highest BCUT2D eigenvalue weighted by Crippen LogP contribution is 2.38. The number of amides is 2. The quantitative estimate of drug-likeness (QED) is 0.747. The minimum absolute atomic E-state index is 0. The van der Waals surface area contributed by atoms with Crippen LogP contribution in [0.2, 0.25) is 0 Å². The van der Waals surface area contributed by atoms with Crippen LogP contribution >= 0.6 is 0 Å². The second-order valence-electron chi connectivity index (χ2n) is 7.41. The van der Waals surface area contributed by atoms with Gasteiger partial charge in [0.15, 0.2) is 0 Å². The van der Waals surface area contributed by atoms with Gasteiger partial charge in [0.25, 0.3) is 0 Å². The van der Waals surface area contributed by atoms with Crippen molar-refractivity contribution in [3.63, 3.8) is 0 Å². The first kappa shape index (κ1) is 18.7. The second-order valence-corrected chi connectivity index (χ2v) is 9.13. The number of urea groups is 1. The molecule has 150 valence electrons. The van der Waals surface area contributed by atoms with Crippen LogP contribution in [-0.2, 0) is 41.5 Å². The highest BCUT2D eigenvalue weighted by atomic mass is 32.2. The van der Waals surface area contributed by atoms with Crippen LogP contribution in [0, 0.1) is 0 Å². The molecule has 2 N–H and O–H groups in total. The van der Waals surface area contributed by atoms with Gasteiger partial charge in [-0.3, -0.25) is 4.79 Å². The maximum absolute atomic E-state index is 12.5. The van der Waals surface area contributed by atoms with Crippen LogP contribution < -0.4 is 10.0 Å². The zero-order valence-corrected chi connectivity index (χ0v) is 16.3. The number of aryl methyl sites for hydroxylation is 2. The molecule has 28 heavy (non-hydrogen) atoms. The number of hydrogen-bond donors (Lipinski definition) is 2. The van der Waals surface area contributed by atoms with E-state index in [-0.39, 0.29) is 8.61 Å². The molecule has 0 spiro atoms. The Morgan fingerprint density at radius 3 is 2.18 bits per heavy atom. The summed E-state index contributed by atoms with van der Waals surface area (Å²) in [4.78, 5) is 23.2. The minimum atomic E-state index is -3.85. The van der Waals surface area contributed by atoms with Gasteiger partial charge in [-0.25, -0.2) is 17.9 Å². The summed E-state index contributed by atoms with van der Waals surface area (Å²) in [6.07, 6.45) is 6.65. The van der Waals surface area contributed by atoms with Crippen LogP contribution in [0.1, 0.15) is 53.9 Å². The van der Waals surface area contributed by atoms with E-state index in [1.807, 2.05) is 0 Å². The van der Waals surface area contributed by atoms with E-state index < -0.39 is 16.1 Å². The molecule has 2 aromatic carbocycles. The van der Waals surface area contributed by atoms with E-state index in [1.165, 1.54) is 11.1 Å². The summed E-state index contributed by atoms with van der Waals surface area (Å²) in [5.41, 5.74) is 6.63. The number of hydrogen-bond acceptors (Lipinski definition) is 4. The van der Waals surface area contributed by atoms with Gasteiger partial charge in [0.05, 0.1) is 5.75 Å². The van der Waals surface area contributed by atoms with Crippen molar-refractivity contribution < 1.29 is 20.9 Å². The van der Waals surface area contributed by atoms with Crippen LogP contribution in [-0.4, -0.2) is 20.7 Å². The van der Waals surface area contributed by atoms with Gasteiger partial charge in [0, 0.05) is 14.1 Å². The third kappa shape index (κ3) is 3.80. The Morgan fingerprint density at radius 1 is 1.00 bits per heavy atom. The van der Waals surface area contributed by atoms with Gasteiger partial charge in [-0.05, 0) is 66.3 Å². The summed E-state index contributed by atoms with van der Waals surface area (Å²) in [6, 6.07) is 7.77. The molecule has 2 aliphatic rings. The van der Waals surface area contributed by atoms with Crippen LogP contribution in [0.4, 0.5) is 10.5 Å². The van der Waals surface area contributed by atoms with Crippen molar-refractivity contribution in [1.82, 2.24) is 4.72 Å². The van der Waals surface area contributed by atoms with Crippen molar-refractivity contribution in [1.29, 1.82) is 0 Å². The molecular weight excluding hydrogens is 376 g/mol. The summed E-state index contributed by atoms with van der Waals surface area (Å²) in [5.74, 6) is -0.329. The van der Waals surface area contributed by atoms with E-state index in [1.54, 1.807) is 24.3 Å². The third-order valence-corrected chi connectivity index (χ3v) is 6.64. The Kier molecular flexibility index (Phi) is 4.93. The van der Waals surface area contributed by atoms with Crippen LogP contribution in [0.15, 0.2) is 30.3 Å². The summed E-state index contributed by atoms with van der Waals surface area (Å²) in [7, 11) is -3.85. The standard InChI is InChI=1S/C21H22N2O4S.2H2/c24-12-14-7-9-15(10-8-14)13-28(26,27)23-21(25)22-20-18-5-1-3-16(18)11-17-4-2-6-19(17)20;;/h7-12H,1-6,13H2,(H2,22,23,25);2*1H. The van der Waals surface area contributed by atoms with Crippen molar-refractivity contribution in [2.45, 2.75) is 44.3 Å². The van der Waals surface area contributed by atoms with E-state index >= 15 is 0 Å². The van der Waals surface area contributed by atoms with E-state index in [2.05, 4.69) is 16.1 Å². The first-order chi connectivity index (χ1) is 13.4. The zero-order chi connectivity index (χ0) is 19.7. The average Bonchev–Trinajstić information content (AvgIpc) is 3.30. The fourth-order valence-electron chi connectivity index (χ4n) is 4.20. The molecule has 4 rings (SSSR count). The predicted molar refractivity (Wildman–Crippen MR) is 111 cm³/mol. The van der Waals surface area contributed by atoms with Crippen molar-refractivity contribution >= 4 is 28.0 Å². The number of carbonyl (C=O) groups is 2. The maximum Gasteiger partial charge on any atom is 0.332 e. The molecule has 0 unspecified atom stereocenters. The van der Waals surface area contributed by atoms with Crippen molar-refractivity contribution in [3.8, 4) is 0 Å². The molecule has 0 heterocycles. The van der Waals surface area contributed by atoms with Crippen molar-refractivity contribution in [3.05, 3.63) is 63.7 Å². The Bertz CT molecular complexity index is 1020. The Balaban J connectivity index is 0.00000160. The highest BCUT2D eigenvalue weighted by Gasteiger charge is 2.26. The Morgan fingerprint density at radius 2 is 1.61 bits per heavy atom. The number of aldehydes is 1. The van der Waals surface area contributed by atoms with Gasteiger partial charge < -0.3 is 5.32 Å². The summed E-state index contributed by atoms with van der Waals surface area (Å²) in [6.45, 7) is 0. The van der Waals surface area contributed by atoms with Crippen molar-refractivity contribution in [2.75, 3.05) is 5.32 Å². The molecule has 0 aliphatic heterocycles. The fraction of sp³-hybridized carbons (Fsp3) is 0.333. The largest absolute Gasteiger partial charge is 0.332 e. The molecule has 2 aliphatic carbocycles. The smallest absolute Gasteiger partial charge is 0.307 e. The van der Waals surface area contributed by atoms with Crippen LogP contribution in [0.25, 0.3) is 0 Å². The average molecular weight is 403 g/mol. The molecule has 2 aromatic rings. The molecule has 7 heteroatoms. The molecule has 0 aromatic heterocycles. The number of carbonyl (C=O) groups excluding carboxylic acids is 2. The van der Waals surface area contributed by atoms with Gasteiger partial charge in [-0.1, -0.05) is 30.3 Å². The van der Waals surface area contributed by atoms with Gasteiger partial charge in [0.1, 0.15) is 6.29 Å². The van der Waals surface area contributed by atoms with E-state index in [0.29, 0.717) is 17.4 Å². The first-order valence-corrected chi connectivity index (χ1v) is 11.1. The minimum Gasteiger partial charge on any atom is -0.307 e. The van der Waals surface area contributed by atoms with Crippen LogP contribution in [0.3, 0.4) is 0 Å². The van der Waals surface area contributed by atoms with E-state index in [9.17, 15) is 18.0 Å². The zero-order valence-electron chi connectivity index (χ0n) is 15.5. The number of benzene rings is 2. The molecule has 0 atom stereocenters. The fourth-order valence-corrected chi connectivity index (χ4v) is 5.23. The maximum atomic E-state index is 12.5. The Hall–Kier alpha value is -2.67. The summed E-state index contributed by atoms with van der Waals surface area (Å²) < 4.78 is 26.9. The first-order valence-electron chi connectivity index (χ1n) is 9.47. The molecule has 0 saturated carbocycles. The number of anilines is 1. The molecule has 2 amide bonds. The lowest BCUT2D eigenvalue weighted by molar-refractivity contribution is 0.112. The molecular formula is C21H26N2O4S. The Labute approximate surface area is 167 Å². The third-order valence-electron chi connectivity index (χ3n) is 5.43. The normalized spacial score (nSPS) is 15.0. The van der Waals surface area contributed by atoms with E-state index in [0.717, 1.165) is 55.3 Å². The lowest BCUT2D eigenvalue weighted by Gasteiger charge is -2.16. The number of rotatable bonds is 5. The summed E-state index contributed by atoms with van der Waals surface area (Å²) >= 11 is 0. The molecule has 0 saturated heterocycles. The monoisotopic (exact) mass is 402 g/mol. The van der Waals surface area contributed by atoms with Gasteiger partial charge >= 0.3 is 6.03 Å². The molecule has 0 radical (unpaired) electrons. The lowest BCUT2D eigenvalue weighted by Crippen LogP contribution is -2.35. The number of nitrogens with one attached hydrogen (secondary N) is 2. The lowest BCUT2D eigenvalue weighted by atomic mass is 9.99. The van der Waals surface area contributed by atoms with Crippen molar-refractivity contribution in [2.24, 2.45) is 0 Å². The molecule has 0 fully saturated rings. The topological polar surface area (TPSA) is 92.3 Å². The van der Waals surface area contributed by atoms with Gasteiger partial charge in [-0.15, -0.1) is 0 Å². The molecule has 6 nitrogen and oxygen atoms in total.